The lowest BCUT2D eigenvalue weighted by Crippen LogP contribution is -2.40. The third kappa shape index (κ3) is 4.96. The molecule has 1 aliphatic rings. The van der Waals surface area contributed by atoms with Crippen LogP contribution in [0.5, 0.6) is 0 Å². The van der Waals surface area contributed by atoms with Gasteiger partial charge in [-0.05, 0) is 62.8 Å². The van der Waals surface area contributed by atoms with Crippen LogP contribution < -0.4 is 11.1 Å². The number of benzene rings is 2. The Kier molecular flexibility index (Phi) is 7.17. The van der Waals surface area contributed by atoms with Crippen LogP contribution in [-0.2, 0) is 0 Å². The number of ketones is 1. The molecule has 3 rings (SSSR count). The molecule has 0 radical (unpaired) electrons. The molecule has 1 saturated carbocycles. The summed E-state index contributed by atoms with van der Waals surface area (Å²) in [6.45, 7) is 4.00. The van der Waals surface area contributed by atoms with E-state index in [0.29, 0.717) is 16.7 Å². The van der Waals surface area contributed by atoms with E-state index < -0.39 is 0 Å². The van der Waals surface area contributed by atoms with Gasteiger partial charge in [0.15, 0.2) is 5.78 Å². The summed E-state index contributed by atoms with van der Waals surface area (Å²) < 4.78 is 0. The lowest BCUT2D eigenvalue weighted by atomic mass is 9.91. The number of hydrogen-bond acceptors (Lipinski definition) is 3. The maximum Gasteiger partial charge on any atom is 0.252 e. The number of carbonyl (C=O) groups excluding carboxylic acids is 2. The molecule has 5 heteroatoms. The first-order valence-electron chi connectivity index (χ1n) is 9.23. The second-order valence-corrected chi connectivity index (χ2v) is 7.26. The van der Waals surface area contributed by atoms with Crippen LogP contribution in [0.2, 0.25) is 0 Å². The quantitative estimate of drug-likeness (QED) is 0.781. The molecule has 144 valence electrons. The van der Waals surface area contributed by atoms with Crippen molar-refractivity contribution in [2.75, 3.05) is 0 Å². The Balaban J connectivity index is 0.00000261. The summed E-state index contributed by atoms with van der Waals surface area (Å²) in [6.07, 6.45) is 3.63. The van der Waals surface area contributed by atoms with Gasteiger partial charge in [-0.25, -0.2) is 0 Å². The highest BCUT2D eigenvalue weighted by molar-refractivity contribution is 6.15. The van der Waals surface area contributed by atoms with E-state index in [1.54, 1.807) is 24.3 Å². The van der Waals surface area contributed by atoms with Gasteiger partial charge in [-0.3, -0.25) is 9.59 Å². The molecular formula is C22H27ClN2O2. The van der Waals surface area contributed by atoms with Crippen molar-refractivity contribution < 1.29 is 9.59 Å². The highest BCUT2D eigenvalue weighted by atomic mass is 35.5. The van der Waals surface area contributed by atoms with Crippen molar-refractivity contribution in [1.82, 2.24) is 5.32 Å². The van der Waals surface area contributed by atoms with E-state index in [1.807, 2.05) is 32.0 Å². The van der Waals surface area contributed by atoms with Crippen LogP contribution in [0.4, 0.5) is 0 Å². The lowest BCUT2D eigenvalue weighted by Gasteiger charge is -2.27. The van der Waals surface area contributed by atoms with Gasteiger partial charge in [0, 0.05) is 23.2 Å². The molecule has 2 aromatic rings. The first-order valence-corrected chi connectivity index (χ1v) is 9.23. The number of amides is 1. The highest BCUT2D eigenvalue weighted by Crippen LogP contribution is 2.20. The van der Waals surface area contributed by atoms with Crippen molar-refractivity contribution >= 4 is 24.1 Å². The van der Waals surface area contributed by atoms with E-state index >= 15 is 0 Å². The average molecular weight is 387 g/mol. The summed E-state index contributed by atoms with van der Waals surface area (Å²) in [4.78, 5) is 25.8. The first-order chi connectivity index (χ1) is 12.5. The van der Waals surface area contributed by atoms with E-state index in [1.165, 1.54) is 0 Å². The van der Waals surface area contributed by atoms with E-state index in [0.717, 1.165) is 36.8 Å². The SMILES string of the molecule is Cc1ccc(C(=O)c2ccccc2C(=O)NC2CCC(N)CC2)cc1C.Cl. The first kappa shape index (κ1) is 21.1. The van der Waals surface area contributed by atoms with Crippen LogP contribution in [0.15, 0.2) is 42.5 Å². The number of nitrogens with two attached hydrogens (primary N) is 1. The minimum atomic E-state index is -0.182. The number of nitrogens with one attached hydrogen (secondary N) is 1. The van der Waals surface area contributed by atoms with Gasteiger partial charge < -0.3 is 11.1 Å². The predicted molar refractivity (Wildman–Crippen MR) is 111 cm³/mol. The van der Waals surface area contributed by atoms with Crippen LogP contribution >= 0.6 is 12.4 Å². The number of hydrogen-bond donors (Lipinski definition) is 2. The van der Waals surface area contributed by atoms with Gasteiger partial charge in [-0.15, -0.1) is 12.4 Å². The van der Waals surface area contributed by atoms with E-state index in [4.69, 9.17) is 5.73 Å². The van der Waals surface area contributed by atoms with Gasteiger partial charge in [0.2, 0.25) is 0 Å². The predicted octanol–water partition coefficient (Wildman–Crippen LogP) is 3.96. The zero-order chi connectivity index (χ0) is 18.7. The van der Waals surface area contributed by atoms with Gasteiger partial charge in [0.25, 0.3) is 5.91 Å². The molecule has 1 amide bonds. The molecule has 1 aliphatic carbocycles. The van der Waals surface area contributed by atoms with Gasteiger partial charge in [0.1, 0.15) is 0 Å². The molecule has 0 spiro atoms. The molecular weight excluding hydrogens is 360 g/mol. The molecule has 1 fully saturated rings. The zero-order valence-corrected chi connectivity index (χ0v) is 16.6. The van der Waals surface area contributed by atoms with Crippen LogP contribution in [0.25, 0.3) is 0 Å². The van der Waals surface area contributed by atoms with Crippen molar-refractivity contribution in [2.45, 2.75) is 51.6 Å². The monoisotopic (exact) mass is 386 g/mol. The normalized spacial score (nSPS) is 19.1. The maximum atomic E-state index is 13.0. The average Bonchev–Trinajstić information content (AvgIpc) is 2.65. The summed E-state index contributed by atoms with van der Waals surface area (Å²) >= 11 is 0. The fourth-order valence-corrected chi connectivity index (χ4v) is 3.44. The maximum absolute atomic E-state index is 13.0. The molecule has 3 N–H and O–H groups in total. The molecule has 4 nitrogen and oxygen atoms in total. The topological polar surface area (TPSA) is 72.2 Å². The Morgan fingerprint density at radius 3 is 2.19 bits per heavy atom. The van der Waals surface area contributed by atoms with E-state index in [-0.39, 0.29) is 36.2 Å². The fraction of sp³-hybridized carbons (Fsp3) is 0.364. The molecule has 0 bridgehead atoms. The lowest BCUT2D eigenvalue weighted by molar-refractivity contribution is 0.0916. The third-order valence-electron chi connectivity index (χ3n) is 5.29. The van der Waals surface area contributed by atoms with Gasteiger partial charge in [0.05, 0.1) is 5.56 Å². The summed E-state index contributed by atoms with van der Waals surface area (Å²) in [5.74, 6) is -0.303. The van der Waals surface area contributed by atoms with Crippen LogP contribution in [0.1, 0.15) is 63.1 Å². The highest BCUT2D eigenvalue weighted by Gasteiger charge is 2.23. The van der Waals surface area contributed by atoms with Crippen LogP contribution in [-0.4, -0.2) is 23.8 Å². The molecule has 0 unspecified atom stereocenters. The van der Waals surface area contributed by atoms with Crippen molar-refractivity contribution in [3.63, 3.8) is 0 Å². The molecule has 0 atom stereocenters. The van der Waals surface area contributed by atoms with Crippen molar-refractivity contribution in [3.8, 4) is 0 Å². The minimum Gasteiger partial charge on any atom is -0.349 e. The van der Waals surface area contributed by atoms with Crippen LogP contribution in [0, 0.1) is 13.8 Å². The number of carbonyl (C=O) groups is 2. The Hall–Kier alpha value is -2.17. The zero-order valence-electron chi connectivity index (χ0n) is 15.8. The number of rotatable bonds is 4. The number of halogens is 1. The summed E-state index contributed by atoms with van der Waals surface area (Å²) in [5, 5.41) is 3.08. The summed E-state index contributed by atoms with van der Waals surface area (Å²) in [6, 6.07) is 13.1. The van der Waals surface area contributed by atoms with Gasteiger partial charge in [-0.1, -0.05) is 30.3 Å². The second-order valence-electron chi connectivity index (χ2n) is 7.26. The Bertz CT molecular complexity index is 827. The molecule has 27 heavy (non-hydrogen) atoms. The largest absolute Gasteiger partial charge is 0.349 e. The molecule has 0 aliphatic heterocycles. The molecule has 0 heterocycles. The van der Waals surface area contributed by atoms with Crippen LogP contribution in [0.3, 0.4) is 0 Å². The smallest absolute Gasteiger partial charge is 0.252 e. The van der Waals surface area contributed by atoms with E-state index in [2.05, 4.69) is 5.32 Å². The summed E-state index contributed by atoms with van der Waals surface area (Å²) in [5.41, 5.74) is 9.63. The fourth-order valence-electron chi connectivity index (χ4n) is 3.44. The molecule has 0 saturated heterocycles. The summed E-state index contributed by atoms with van der Waals surface area (Å²) in [7, 11) is 0. The van der Waals surface area contributed by atoms with Crippen molar-refractivity contribution in [1.29, 1.82) is 0 Å². The standard InChI is InChI=1S/C22H26N2O2.ClH/c1-14-7-8-16(13-15(14)2)21(25)19-5-3-4-6-20(19)22(26)24-18-11-9-17(23)10-12-18;/h3-8,13,17-18H,9-12,23H2,1-2H3,(H,24,26);1H. The second kappa shape index (κ2) is 9.16. The van der Waals surface area contributed by atoms with Crippen molar-refractivity contribution in [2.24, 2.45) is 5.73 Å². The molecule has 2 aromatic carbocycles. The Morgan fingerprint density at radius 1 is 0.926 bits per heavy atom. The minimum absolute atomic E-state index is 0. The van der Waals surface area contributed by atoms with Gasteiger partial charge >= 0.3 is 0 Å². The third-order valence-corrected chi connectivity index (χ3v) is 5.29. The van der Waals surface area contributed by atoms with Crippen molar-refractivity contribution in [3.05, 3.63) is 70.3 Å². The van der Waals surface area contributed by atoms with Gasteiger partial charge in [-0.2, -0.15) is 0 Å². The Labute approximate surface area is 166 Å². The molecule has 0 aromatic heterocycles. The van der Waals surface area contributed by atoms with E-state index in [9.17, 15) is 9.59 Å². The Morgan fingerprint density at radius 2 is 1.56 bits per heavy atom. The number of aryl methyl sites for hydroxylation is 2.